The van der Waals surface area contributed by atoms with Gasteiger partial charge in [0.15, 0.2) is 0 Å². The van der Waals surface area contributed by atoms with Gasteiger partial charge in [-0.05, 0) is 17.7 Å². The van der Waals surface area contributed by atoms with E-state index in [0.29, 0.717) is 16.5 Å². The van der Waals surface area contributed by atoms with E-state index in [1.165, 1.54) is 11.3 Å². The maximum Gasteiger partial charge on any atom is 0.309 e. The first kappa shape index (κ1) is 14.8. The number of aromatic nitrogens is 1. The van der Waals surface area contributed by atoms with Crippen molar-refractivity contribution in [2.75, 3.05) is 0 Å². The van der Waals surface area contributed by atoms with Crippen LogP contribution < -0.4 is 0 Å². The zero-order chi connectivity index (χ0) is 13.8. The van der Waals surface area contributed by atoms with Gasteiger partial charge < -0.3 is 5.11 Å². The molecule has 7 heteroatoms. The van der Waals surface area contributed by atoms with E-state index in [0.717, 1.165) is 14.4 Å². The smallest absolute Gasteiger partial charge is 0.309 e. The van der Waals surface area contributed by atoms with Crippen LogP contribution in [0.2, 0.25) is 5.02 Å². The second-order valence-corrected chi connectivity index (χ2v) is 7.10. The number of benzene rings is 1. The number of hydrogen-bond acceptors (Lipinski definition) is 4. The van der Waals surface area contributed by atoms with Crippen molar-refractivity contribution in [2.24, 2.45) is 0 Å². The molecule has 0 bridgehead atoms. The van der Waals surface area contributed by atoms with Gasteiger partial charge in [-0.2, -0.15) is 0 Å². The monoisotopic (exact) mass is 377 g/mol. The van der Waals surface area contributed by atoms with Gasteiger partial charge >= 0.3 is 5.97 Å². The van der Waals surface area contributed by atoms with Gasteiger partial charge in [-0.1, -0.05) is 45.4 Å². The van der Waals surface area contributed by atoms with Crippen molar-refractivity contribution in [3.05, 3.63) is 44.3 Å². The number of hydrogen-bond donors (Lipinski definition) is 1. The summed E-state index contributed by atoms with van der Waals surface area (Å²) in [6, 6.07) is 5.76. The maximum absolute atomic E-state index is 10.6. The Kier molecular flexibility index (Phi) is 5.27. The maximum atomic E-state index is 10.6. The number of carboxylic acid groups (broad SMARTS) is 1. The van der Waals surface area contributed by atoms with Gasteiger partial charge in [-0.3, -0.25) is 4.79 Å². The fraction of sp³-hybridized carbons (Fsp3) is 0.167. The lowest BCUT2D eigenvalue weighted by atomic mass is 10.2. The zero-order valence-electron chi connectivity index (χ0n) is 9.60. The second kappa shape index (κ2) is 6.74. The summed E-state index contributed by atoms with van der Waals surface area (Å²) in [6.07, 6.45) is -0.0316. The van der Waals surface area contributed by atoms with Crippen molar-refractivity contribution in [3.8, 4) is 0 Å². The SMILES string of the molecule is O=C(O)Cc1csc(SCc2ccc(Br)cc2Cl)n1. The molecule has 3 nitrogen and oxygen atoms in total. The van der Waals surface area contributed by atoms with Gasteiger partial charge in [0, 0.05) is 20.6 Å². The Balaban J connectivity index is 1.98. The summed E-state index contributed by atoms with van der Waals surface area (Å²) in [6.45, 7) is 0. The van der Waals surface area contributed by atoms with Gasteiger partial charge in [0.05, 0.1) is 12.1 Å². The lowest BCUT2D eigenvalue weighted by molar-refractivity contribution is -0.136. The number of carboxylic acids is 1. The molecule has 0 radical (unpaired) electrons. The van der Waals surface area contributed by atoms with Crippen LogP contribution in [-0.4, -0.2) is 16.1 Å². The third-order valence-electron chi connectivity index (χ3n) is 2.23. The van der Waals surface area contributed by atoms with Crippen molar-refractivity contribution in [3.63, 3.8) is 0 Å². The third-order valence-corrected chi connectivity index (χ3v) is 5.19. The molecular formula is C12H9BrClNO2S2. The molecule has 0 atom stereocenters. The van der Waals surface area contributed by atoms with Crippen LogP contribution in [0.15, 0.2) is 32.4 Å². The Labute approximate surface area is 132 Å². The van der Waals surface area contributed by atoms with Gasteiger partial charge in [0.1, 0.15) is 4.34 Å². The Morgan fingerprint density at radius 2 is 2.32 bits per heavy atom. The van der Waals surface area contributed by atoms with E-state index in [4.69, 9.17) is 16.7 Å². The molecule has 1 heterocycles. The van der Waals surface area contributed by atoms with Gasteiger partial charge in [-0.15, -0.1) is 11.3 Å². The van der Waals surface area contributed by atoms with Crippen molar-refractivity contribution in [1.82, 2.24) is 4.98 Å². The van der Waals surface area contributed by atoms with Crippen molar-refractivity contribution in [1.29, 1.82) is 0 Å². The highest BCUT2D eigenvalue weighted by molar-refractivity contribution is 9.10. The average molecular weight is 379 g/mol. The predicted molar refractivity (Wildman–Crippen MR) is 82.2 cm³/mol. The standard InChI is InChI=1S/C12H9BrClNO2S2/c13-8-2-1-7(10(14)3-8)5-18-12-15-9(6-19-12)4-11(16)17/h1-3,6H,4-5H2,(H,16,17). The van der Waals surface area contributed by atoms with E-state index in [9.17, 15) is 4.79 Å². The van der Waals surface area contributed by atoms with Gasteiger partial charge in [0.2, 0.25) is 0 Å². The average Bonchev–Trinajstić information content (AvgIpc) is 2.74. The lowest BCUT2D eigenvalue weighted by Gasteiger charge is -2.02. The first-order valence-electron chi connectivity index (χ1n) is 5.27. The van der Waals surface area contributed by atoms with Crippen LogP contribution in [0.25, 0.3) is 0 Å². The molecule has 1 aromatic heterocycles. The second-order valence-electron chi connectivity index (χ2n) is 3.70. The van der Waals surface area contributed by atoms with Crippen LogP contribution >= 0.6 is 50.6 Å². The fourth-order valence-electron chi connectivity index (χ4n) is 1.37. The summed E-state index contributed by atoms with van der Waals surface area (Å²) in [5, 5.41) is 11.2. The van der Waals surface area contributed by atoms with Crippen LogP contribution in [0, 0.1) is 0 Å². The van der Waals surface area contributed by atoms with Crippen LogP contribution in [0.5, 0.6) is 0 Å². The van der Waals surface area contributed by atoms with E-state index in [1.807, 2.05) is 18.2 Å². The summed E-state index contributed by atoms with van der Waals surface area (Å²) in [4.78, 5) is 14.8. The molecular weight excluding hydrogens is 370 g/mol. The third kappa shape index (κ3) is 4.49. The number of halogens is 2. The molecule has 0 aliphatic carbocycles. The summed E-state index contributed by atoms with van der Waals surface area (Å²) in [5.41, 5.74) is 1.63. The molecule has 0 aliphatic heterocycles. The van der Waals surface area contributed by atoms with Crippen molar-refractivity contribution < 1.29 is 9.90 Å². The van der Waals surface area contributed by atoms with Crippen molar-refractivity contribution >= 4 is 56.6 Å². The molecule has 0 amide bonds. The van der Waals surface area contributed by atoms with Crippen molar-refractivity contribution in [2.45, 2.75) is 16.5 Å². The van der Waals surface area contributed by atoms with E-state index in [2.05, 4.69) is 20.9 Å². The fourth-order valence-corrected chi connectivity index (χ4v) is 4.04. The number of thiazole rings is 1. The van der Waals surface area contributed by atoms with Crippen LogP contribution in [0.3, 0.4) is 0 Å². The lowest BCUT2D eigenvalue weighted by Crippen LogP contribution is -1.99. The number of thioether (sulfide) groups is 1. The molecule has 0 saturated carbocycles. The van der Waals surface area contributed by atoms with Crippen LogP contribution in [0.4, 0.5) is 0 Å². The molecule has 0 aliphatic rings. The Morgan fingerprint density at radius 1 is 1.53 bits per heavy atom. The Morgan fingerprint density at radius 3 is 3.00 bits per heavy atom. The molecule has 1 N–H and O–H groups in total. The largest absolute Gasteiger partial charge is 0.481 e. The first-order valence-corrected chi connectivity index (χ1v) is 8.31. The van der Waals surface area contributed by atoms with E-state index in [1.54, 1.807) is 17.1 Å². The van der Waals surface area contributed by atoms with E-state index < -0.39 is 5.97 Å². The quantitative estimate of drug-likeness (QED) is 0.779. The summed E-state index contributed by atoms with van der Waals surface area (Å²) in [7, 11) is 0. The molecule has 0 unspecified atom stereocenters. The minimum absolute atomic E-state index is 0.0316. The molecule has 19 heavy (non-hydrogen) atoms. The molecule has 0 fully saturated rings. The topological polar surface area (TPSA) is 50.2 Å². The number of aliphatic carboxylic acids is 1. The Bertz CT molecular complexity index is 603. The minimum Gasteiger partial charge on any atom is -0.481 e. The van der Waals surface area contributed by atoms with E-state index >= 15 is 0 Å². The zero-order valence-corrected chi connectivity index (χ0v) is 13.6. The Hall–Kier alpha value is -0.560. The molecule has 2 aromatic rings. The number of rotatable bonds is 5. The normalized spacial score (nSPS) is 10.6. The molecule has 2 rings (SSSR count). The van der Waals surface area contributed by atoms with Gasteiger partial charge in [0.25, 0.3) is 0 Å². The molecule has 0 saturated heterocycles. The van der Waals surface area contributed by atoms with Crippen LogP contribution in [0.1, 0.15) is 11.3 Å². The number of nitrogens with zero attached hydrogens (tertiary/aromatic N) is 1. The molecule has 0 spiro atoms. The summed E-state index contributed by atoms with van der Waals surface area (Å²) in [5.74, 6) is -0.149. The highest BCUT2D eigenvalue weighted by atomic mass is 79.9. The molecule has 100 valence electrons. The minimum atomic E-state index is -0.863. The van der Waals surface area contributed by atoms with Gasteiger partial charge in [-0.25, -0.2) is 4.98 Å². The van der Waals surface area contributed by atoms with E-state index in [-0.39, 0.29) is 6.42 Å². The number of carbonyl (C=O) groups is 1. The van der Waals surface area contributed by atoms with Crippen LogP contribution in [-0.2, 0) is 17.0 Å². The molecule has 1 aromatic carbocycles. The highest BCUT2D eigenvalue weighted by Crippen LogP contribution is 2.30. The predicted octanol–water partition coefficient (Wildman–Crippen LogP) is 4.48. The summed E-state index contributed by atoms with van der Waals surface area (Å²) < 4.78 is 1.81. The highest BCUT2D eigenvalue weighted by Gasteiger charge is 2.08. The first-order chi connectivity index (χ1) is 9.04. The summed E-state index contributed by atoms with van der Waals surface area (Å²) >= 11 is 12.5.